The van der Waals surface area contributed by atoms with Crippen molar-refractivity contribution in [2.75, 3.05) is 0 Å². The fourth-order valence-electron chi connectivity index (χ4n) is 3.50. The topological polar surface area (TPSA) is 52.6 Å². The standard InChI is InChI=1S/C28H22O4/c29-27(31-19-23-13-7-11-21-9-1-3-15-25(21)23)17-5-6-18-28(30)32-20-24-14-8-12-22-10-2-4-16-26(22)24/h1-18H,19-20H2/b17-5-,18-6-. The average molecular weight is 422 g/mol. The van der Waals surface area contributed by atoms with Crippen LogP contribution in [0.4, 0.5) is 0 Å². The summed E-state index contributed by atoms with van der Waals surface area (Å²) in [6.07, 6.45) is 5.48. The van der Waals surface area contributed by atoms with E-state index in [-0.39, 0.29) is 13.2 Å². The minimum Gasteiger partial charge on any atom is -0.458 e. The summed E-state index contributed by atoms with van der Waals surface area (Å²) in [5.74, 6) is -0.960. The maximum Gasteiger partial charge on any atom is 0.331 e. The molecule has 0 aliphatic heterocycles. The van der Waals surface area contributed by atoms with Crippen LogP contribution in [0, 0.1) is 0 Å². The molecule has 0 aliphatic rings. The molecule has 4 rings (SSSR count). The molecule has 4 nitrogen and oxygen atoms in total. The molecule has 158 valence electrons. The summed E-state index contributed by atoms with van der Waals surface area (Å²) in [6, 6.07) is 27.7. The Morgan fingerprint density at radius 2 is 0.969 bits per heavy atom. The summed E-state index contributed by atoms with van der Waals surface area (Å²) >= 11 is 0. The Balaban J connectivity index is 1.26. The molecule has 0 atom stereocenters. The zero-order valence-electron chi connectivity index (χ0n) is 17.4. The normalized spacial score (nSPS) is 11.4. The summed E-state index contributed by atoms with van der Waals surface area (Å²) in [4.78, 5) is 23.9. The number of allylic oxidation sites excluding steroid dienone is 2. The third-order valence-corrected chi connectivity index (χ3v) is 5.08. The molecular weight excluding hydrogens is 400 g/mol. The van der Waals surface area contributed by atoms with Gasteiger partial charge in [0.1, 0.15) is 13.2 Å². The zero-order chi connectivity index (χ0) is 22.2. The fraction of sp³-hybridized carbons (Fsp3) is 0.0714. The summed E-state index contributed by atoms with van der Waals surface area (Å²) in [5, 5.41) is 4.31. The van der Waals surface area contributed by atoms with Gasteiger partial charge in [0, 0.05) is 12.2 Å². The zero-order valence-corrected chi connectivity index (χ0v) is 17.4. The first-order chi connectivity index (χ1) is 15.7. The predicted molar refractivity (Wildman–Crippen MR) is 126 cm³/mol. The highest BCUT2D eigenvalue weighted by Gasteiger charge is 2.04. The molecule has 32 heavy (non-hydrogen) atoms. The van der Waals surface area contributed by atoms with E-state index < -0.39 is 11.9 Å². The van der Waals surface area contributed by atoms with Gasteiger partial charge in [0.15, 0.2) is 0 Å². The first-order valence-corrected chi connectivity index (χ1v) is 10.3. The molecule has 0 fully saturated rings. The molecule has 0 aromatic heterocycles. The maximum absolute atomic E-state index is 12.0. The Labute approximate surface area is 186 Å². The molecule has 0 unspecified atom stereocenters. The van der Waals surface area contributed by atoms with Crippen LogP contribution in [0.5, 0.6) is 0 Å². The van der Waals surface area contributed by atoms with Gasteiger partial charge in [-0.3, -0.25) is 0 Å². The van der Waals surface area contributed by atoms with Crippen molar-refractivity contribution in [2.45, 2.75) is 13.2 Å². The molecular formula is C28H22O4. The lowest BCUT2D eigenvalue weighted by atomic mass is 10.1. The van der Waals surface area contributed by atoms with Crippen LogP contribution in [-0.4, -0.2) is 11.9 Å². The van der Waals surface area contributed by atoms with E-state index in [2.05, 4.69) is 0 Å². The second kappa shape index (κ2) is 10.2. The van der Waals surface area contributed by atoms with E-state index in [9.17, 15) is 9.59 Å². The smallest absolute Gasteiger partial charge is 0.331 e. The number of hydrogen-bond donors (Lipinski definition) is 0. The summed E-state index contributed by atoms with van der Waals surface area (Å²) < 4.78 is 10.6. The molecule has 0 aliphatic carbocycles. The molecule has 4 heteroatoms. The largest absolute Gasteiger partial charge is 0.458 e. The van der Waals surface area contributed by atoms with Gasteiger partial charge in [0.2, 0.25) is 0 Å². The third-order valence-electron chi connectivity index (χ3n) is 5.08. The van der Waals surface area contributed by atoms with Gasteiger partial charge < -0.3 is 9.47 Å². The van der Waals surface area contributed by atoms with Gasteiger partial charge in [-0.05, 0) is 32.7 Å². The van der Waals surface area contributed by atoms with Gasteiger partial charge in [-0.25, -0.2) is 9.59 Å². The quantitative estimate of drug-likeness (QED) is 0.212. The lowest BCUT2D eigenvalue weighted by Gasteiger charge is -2.06. The van der Waals surface area contributed by atoms with E-state index in [0.29, 0.717) is 0 Å². The summed E-state index contributed by atoms with van der Waals surface area (Å²) in [5.41, 5.74) is 1.88. The van der Waals surface area contributed by atoms with E-state index in [4.69, 9.17) is 9.47 Å². The predicted octanol–water partition coefficient (Wildman–Crippen LogP) is 5.89. The van der Waals surface area contributed by atoms with Crippen LogP contribution in [0.1, 0.15) is 11.1 Å². The Morgan fingerprint density at radius 1 is 0.562 bits per heavy atom. The van der Waals surface area contributed by atoms with Crippen LogP contribution in [-0.2, 0) is 32.3 Å². The Hall–Kier alpha value is -4.18. The molecule has 0 saturated heterocycles. The molecule has 0 radical (unpaired) electrons. The van der Waals surface area contributed by atoms with Crippen molar-refractivity contribution in [1.29, 1.82) is 0 Å². The highest BCUT2D eigenvalue weighted by molar-refractivity contribution is 5.88. The highest BCUT2D eigenvalue weighted by Crippen LogP contribution is 2.20. The molecule has 0 N–H and O–H groups in total. The van der Waals surface area contributed by atoms with Crippen LogP contribution >= 0.6 is 0 Å². The van der Waals surface area contributed by atoms with Crippen molar-refractivity contribution in [3.05, 3.63) is 120 Å². The van der Waals surface area contributed by atoms with Gasteiger partial charge in [0.05, 0.1) is 0 Å². The average Bonchev–Trinajstić information content (AvgIpc) is 2.84. The second-order valence-electron chi connectivity index (χ2n) is 7.21. The lowest BCUT2D eigenvalue weighted by Crippen LogP contribution is -2.02. The number of carbonyl (C=O) groups is 2. The first-order valence-electron chi connectivity index (χ1n) is 10.3. The minimum absolute atomic E-state index is 0.182. The monoisotopic (exact) mass is 422 g/mol. The number of hydrogen-bond acceptors (Lipinski definition) is 4. The Kier molecular flexibility index (Phi) is 6.73. The molecule has 0 heterocycles. The second-order valence-corrected chi connectivity index (χ2v) is 7.21. The van der Waals surface area contributed by atoms with Crippen molar-refractivity contribution >= 4 is 33.5 Å². The number of rotatable bonds is 7. The van der Waals surface area contributed by atoms with E-state index in [0.717, 1.165) is 32.7 Å². The molecule has 4 aromatic rings. The van der Waals surface area contributed by atoms with Crippen LogP contribution in [0.25, 0.3) is 21.5 Å². The maximum atomic E-state index is 12.0. The van der Waals surface area contributed by atoms with Crippen LogP contribution in [0.3, 0.4) is 0 Å². The molecule has 0 saturated carbocycles. The van der Waals surface area contributed by atoms with Gasteiger partial charge in [-0.1, -0.05) is 97.1 Å². The Bertz CT molecular complexity index is 1200. The SMILES string of the molecule is O=C(/C=C\C=C/C(=O)OCc1cccc2ccccc12)OCc1cccc2ccccc12. The van der Waals surface area contributed by atoms with E-state index in [1.165, 1.54) is 24.3 Å². The summed E-state index contributed by atoms with van der Waals surface area (Å²) in [6.45, 7) is 0.364. The Morgan fingerprint density at radius 3 is 1.44 bits per heavy atom. The van der Waals surface area contributed by atoms with Crippen molar-refractivity contribution in [2.24, 2.45) is 0 Å². The molecule has 0 amide bonds. The molecule has 0 bridgehead atoms. The van der Waals surface area contributed by atoms with Gasteiger partial charge in [0.25, 0.3) is 0 Å². The van der Waals surface area contributed by atoms with Crippen LogP contribution in [0.2, 0.25) is 0 Å². The number of fused-ring (bicyclic) bond motifs is 2. The van der Waals surface area contributed by atoms with Crippen molar-refractivity contribution in [3.8, 4) is 0 Å². The van der Waals surface area contributed by atoms with Crippen molar-refractivity contribution < 1.29 is 19.1 Å². The van der Waals surface area contributed by atoms with Crippen molar-refractivity contribution in [1.82, 2.24) is 0 Å². The highest BCUT2D eigenvalue weighted by atomic mass is 16.5. The molecule has 4 aromatic carbocycles. The van der Waals surface area contributed by atoms with Gasteiger partial charge in [-0.15, -0.1) is 0 Å². The molecule has 0 spiro atoms. The van der Waals surface area contributed by atoms with E-state index in [1.807, 2.05) is 84.9 Å². The minimum atomic E-state index is -0.480. The third kappa shape index (κ3) is 5.29. The number of benzene rings is 4. The van der Waals surface area contributed by atoms with Crippen LogP contribution < -0.4 is 0 Å². The lowest BCUT2D eigenvalue weighted by molar-refractivity contribution is -0.139. The van der Waals surface area contributed by atoms with E-state index in [1.54, 1.807) is 0 Å². The van der Waals surface area contributed by atoms with Crippen molar-refractivity contribution in [3.63, 3.8) is 0 Å². The van der Waals surface area contributed by atoms with Gasteiger partial charge >= 0.3 is 11.9 Å². The first kappa shape index (κ1) is 21.1. The fourth-order valence-corrected chi connectivity index (χ4v) is 3.50. The van der Waals surface area contributed by atoms with Crippen LogP contribution in [0.15, 0.2) is 109 Å². The van der Waals surface area contributed by atoms with E-state index >= 15 is 0 Å². The summed E-state index contributed by atoms with van der Waals surface area (Å²) in [7, 11) is 0. The number of ether oxygens (including phenoxy) is 2. The number of esters is 2. The van der Waals surface area contributed by atoms with Gasteiger partial charge in [-0.2, -0.15) is 0 Å². The number of carbonyl (C=O) groups excluding carboxylic acids is 2.